The van der Waals surface area contributed by atoms with Gasteiger partial charge in [0.25, 0.3) is 0 Å². The lowest BCUT2D eigenvalue weighted by molar-refractivity contribution is -0.109. The molecule has 0 aromatic heterocycles. The van der Waals surface area contributed by atoms with E-state index in [1.807, 2.05) is 142 Å². The molecule has 20 heteroatoms. The summed E-state index contributed by atoms with van der Waals surface area (Å²) in [5.74, 6) is 16.2. The predicted octanol–water partition coefficient (Wildman–Crippen LogP) is 26.0. The molecule has 0 radical (unpaired) electrons. The van der Waals surface area contributed by atoms with E-state index in [-0.39, 0.29) is 16.6 Å². The van der Waals surface area contributed by atoms with Crippen molar-refractivity contribution in [2.75, 3.05) is 50.1 Å². The van der Waals surface area contributed by atoms with Crippen molar-refractivity contribution in [3.05, 3.63) is 348 Å². The van der Waals surface area contributed by atoms with Crippen molar-refractivity contribution in [3.63, 3.8) is 0 Å². The van der Waals surface area contributed by atoms with Crippen LogP contribution in [-0.4, -0.2) is 67.8 Å². The number of hydrogen-bond donors (Lipinski definition) is 1. The minimum absolute atomic E-state index is 0.0664. The van der Waals surface area contributed by atoms with Gasteiger partial charge in [0.15, 0.2) is 15.0 Å². The van der Waals surface area contributed by atoms with E-state index in [4.69, 9.17) is 20.6 Å². The summed E-state index contributed by atoms with van der Waals surface area (Å²) in [6.07, 6.45) is 13.1. The molecule has 0 fully saturated rings. The van der Waals surface area contributed by atoms with Gasteiger partial charge in [-0.1, -0.05) is 322 Å². The molecule has 580 valence electrons. The maximum Gasteiger partial charge on any atom is 0.190 e. The van der Waals surface area contributed by atoms with Crippen molar-refractivity contribution >= 4 is 150 Å². The fraction of sp³-hybridized carbons (Fsp3) is 0.270. The quantitative estimate of drug-likeness (QED) is 0.0174. The topological polar surface area (TPSA) is 96.0 Å². The highest BCUT2D eigenvalue weighted by Gasteiger charge is 2.10. The molecule has 0 spiro atoms. The van der Waals surface area contributed by atoms with Gasteiger partial charge in [-0.05, 0) is 150 Å². The average molecular weight is 1700 g/mol. The Balaban J connectivity index is 0.000000284. The number of carbonyl (C=O) groups excluding carboxylic acids is 1. The van der Waals surface area contributed by atoms with E-state index in [0.717, 1.165) is 91.5 Å². The largest absolute Gasteiger partial charge is 0.497 e. The van der Waals surface area contributed by atoms with Gasteiger partial charge in [0, 0.05) is 81.0 Å². The number of benzene rings is 9. The molecule has 0 N–H and O–H groups in total. The summed E-state index contributed by atoms with van der Waals surface area (Å²) in [6.45, 7) is 14.0. The molecule has 0 aliphatic rings. The molecule has 0 heterocycles. The lowest BCUT2D eigenvalue weighted by Crippen LogP contribution is -2.07. The van der Waals surface area contributed by atoms with Gasteiger partial charge < -0.3 is 14.2 Å². The van der Waals surface area contributed by atoms with E-state index in [9.17, 15) is 17.4 Å². The van der Waals surface area contributed by atoms with Crippen LogP contribution in [0.2, 0.25) is 0 Å². The molecule has 7 nitrogen and oxygen atoms in total. The van der Waals surface area contributed by atoms with Gasteiger partial charge in [0.1, 0.15) is 17.2 Å². The van der Waals surface area contributed by atoms with Crippen LogP contribution in [0.1, 0.15) is 90.4 Å². The first-order valence-corrected chi connectivity index (χ1v) is 50.4. The Bertz CT molecular complexity index is 4200. The molecule has 9 aromatic rings. The number of hydrogen-bond acceptors (Lipinski definition) is 18. The molecule has 1 atom stereocenters. The maximum absolute atomic E-state index is 12.1. The van der Waals surface area contributed by atoms with E-state index in [2.05, 4.69) is 210 Å². The van der Waals surface area contributed by atoms with Gasteiger partial charge in [-0.3, -0.25) is 9.00 Å². The highest BCUT2D eigenvalue weighted by atomic mass is 33.1. The fourth-order valence-electron chi connectivity index (χ4n) is 8.65. The van der Waals surface area contributed by atoms with Crippen molar-refractivity contribution in [3.8, 4) is 29.6 Å². The predicted molar refractivity (Wildman–Crippen MR) is 502 cm³/mol. The Kier molecular flexibility index (Phi) is 52.9. The smallest absolute Gasteiger partial charge is 0.190 e. The summed E-state index contributed by atoms with van der Waals surface area (Å²) in [5, 5.41) is 8.07. The Morgan fingerprint density at radius 1 is 0.413 bits per heavy atom. The molecular formula is C89H104O7S13. The zero-order valence-corrected chi connectivity index (χ0v) is 74.8. The third-order valence-electron chi connectivity index (χ3n) is 14.8. The number of carbonyl (C=O) groups is 1. The molecule has 1 unspecified atom stereocenters. The van der Waals surface area contributed by atoms with Crippen LogP contribution in [0.5, 0.6) is 17.2 Å². The van der Waals surface area contributed by atoms with Crippen LogP contribution >= 0.6 is 124 Å². The minimum Gasteiger partial charge on any atom is -0.497 e. The van der Waals surface area contributed by atoms with Crippen molar-refractivity contribution in [1.82, 2.24) is 0 Å². The second-order valence-corrected chi connectivity index (χ2v) is 39.2. The third kappa shape index (κ3) is 48.9. The molecule has 0 amide bonds. The number of thiol groups is 1. The summed E-state index contributed by atoms with van der Waals surface area (Å²) in [6, 6.07) is 74.5. The van der Waals surface area contributed by atoms with E-state index >= 15 is 0 Å². The van der Waals surface area contributed by atoms with Crippen LogP contribution in [0.15, 0.2) is 264 Å². The van der Waals surface area contributed by atoms with Crippen LogP contribution in [0.3, 0.4) is 0 Å². The second kappa shape index (κ2) is 60.2. The number of thioether (sulfide) groups is 4. The number of methoxy groups -OCH3 is 3. The first-order chi connectivity index (χ1) is 52.8. The first-order valence-electron chi connectivity index (χ1n) is 34.9. The molecule has 0 aliphatic carbocycles. The summed E-state index contributed by atoms with van der Waals surface area (Å²) in [5.41, 5.74) is 18.7. The van der Waals surface area contributed by atoms with E-state index in [1.165, 1.54) is 78.5 Å². The molecule has 9 rings (SSSR count). The zero-order valence-electron chi connectivity index (χ0n) is 64.1. The fourth-order valence-corrected chi connectivity index (χ4v) is 19.3. The van der Waals surface area contributed by atoms with Crippen molar-refractivity contribution in [2.24, 2.45) is 0 Å². The van der Waals surface area contributed by atoms with Crippen molar-refractivity contribution in [1.29, 1.82) is 0 Å². The second-order valence-electron chi connectivity index (χ2n) is 24.3. The maximum atomic E-state index is 12.1. The van der Waals surface area contributed by atoms with Gasteiger partial charge in [0.2, 0.25) is 0 Å². The Labute approximate surface area is 702 Å². The SMILES string of the molecule is C#CCSCc1ccc(C)cc1.CC(=O)SC=CCSCc1ccc(C)cc1.COc1ccc(CSSC=CCS(=O)(=O)Cc2ccc(C)cc2)cc1.COc1ccc(CSSC=CCS(=O)Cc2ccc(C)cc2)cc1.COc1ccc(CSSC=CCSCc2ccc(C)cc2)cc1.Cc1ccc(CS)cc1. The number of rotatable bonds is 36. The molecule has 0 saturated carbocycles. The highest BCUT2D eigenvalue weighted by molar-refractivity contribution is 8.78. The monoisotopic (exact) mass is 1700 g/mol. The van der Waals surface area contributed by atoms with Crippen LogP contribution in [0.4, 0.5) is 0 Å². The highest BCUT2D eigenvalue weighted by Crippen LogP contribution is 2.31. The number of terminal acetylenes is 1. The van der Waals surface area contributed by atoms with Crippen molar-refractivity contribution in [2.45, 2.75) is 100 Å². The Hall–Kier alpha value is -5.48. The molecule has 109 heavy (non-hydrogen) atoms. The Morgan fingerprint density at radius 2 is 0.716 bits per heavy atom. The van der Waals surface area contributed by atoms with Crippen LogP contribution in [0.25, 0.3) is 0 Å². The lowest BCUT2D eigenvalue weighted by atomic mass is 10.2. The Morgan fingerprint density at radius 3 is 1.06 bits per heavy atom. The van der Waals surface area contributed by atoms with Crippen LogP contribution in [0, 0.1) is 53.9 Å². The summed E-state index contributed by atoms with van der Waals surface area (Å²) >= 11 is 11.0. The van der Waals surface area contributed by atoms with Crippen LogP contribution in [-0.2, 0) is 77.2 Å². The average Bonchev–Trinajstić information content (AvgIpc) is 0.878. The molecule has 0 aliphatic heterocycles. The zero-order chi connectivity index (χ0) is 79.0. The number of sulfone groups is 1. The first kappa shape index (κ1) is 95.9. The molecule has 9 aromatic carbocycles. The minimum atomic E-state index is -3.12. The third-order valence-corrected chi connectivity index (χ3v) is 27.3. The van der Waals surface area contributed by atoms with Crippen LogP contribution < -0.4 is 14.2 Å². The standard InChI is InChI=1S/C19H22O3S3.C19H22O2S3.C19H22OS3.C13H16OS2.C11H12S.C8H10S/c1-16-4-6-18(7-5-16)15-25(20,21)13-3-12-23-24-14-17-8-10-19(22-2)11-9-17;1-16-4-6-18(7-5-16)15-24(20)13-3-12-22-23-14-17-8-10-19(21-2)11-9-17;1-16-4-6-17(7-5-16)14-21-12-3-13-22-23-15-18-8-10-19(20-2)11-9-18;1-11-4-6-13(7-5-11)10-15-8-3-9-16-12(2)14;1-3-8-12-9-11-6-4-10(2)5-7-11;1-7-2-4-8(6-9)5-3-7/h3-12H,13-15H2,1-2H3;3-12H,13-15H2,1-2H3;3-11,13H,12,14-15H2,1-2H3;3-7,9H,8,10H2,1-2H3;1,4-7H,8-9H2,2H3;2-5,9H,6H2,1H3. The molecule has 0 bridgehead atoms. The summed E-state index contributed by atoms with van der Waals surface area (Å²) in [7, 11) is 11.4. The summed E-state index contributed by atoms with van der Waals surface area (Å²) in [4.78, 5) is 10.6. The molecular weight excluding hydrogens is 1600 g/mol. The summed E-state index contributed by atoms with van der Waals surface area (Å²) < 4.78 is 51.7. The van der Waals surface area contributed by atoms with Gasteiger partial charge in [-0.15, -0.1) is 18.2 Å². The number of ether oxygens (including phenoxy) is 3. The van der Waals surface area contributed by atoms with Gasteiger partial charge in [-0.25, -0.2) is 8.42 Å². The van der Waals surface area contributed by atoms with Gasteiger partial charge in [-0.2, -0.15) is 36.2 Å². The normalized spacial score (nSPS) is 11.2. The van der Waals surface area contributed by atoms with E-state index < -0.39 is 20.6 Å². The van der Waals surface area contributed by atoms with Gasteiger partial charge >= 0.3 is 0 Å². The van der Waals surface area contributed by atoms with E-state index in [1.54, 1.807) is 100 Å². The molecule has 0 saturated heterocycles. The van der Waals surface area contributed by atoms with Crippen molar-refractivity contribution < 1.29 is 31.6 Å². The lowest BCUT2D eigenvalue weighted by Gasteiger charge is -2.03. The van der Waals surface area contributed by atoms with Gasteiger partial charge in [0.05, 0.1) is 38.6 Å². The number of aryl methyl sites for hydroxylation is 6. The van der Waals surface area contributed by atoms with E-state index in [0.29, 0.717) is 11.5 Å².